The summed E-state index contributed by atoms with van der Waals surface area (Å²) in [6.45, 7) is 0. The molecule has 3 rings (SSSR count). The molecule has 2 aromatic rings. The Hall–Kier alpha value is -2.25. The van der Waals surface area contributed by atoms with Crippen LogP contribution in [0.5, 0.6) is 0 Å². The molecular weight excluding hydrogens is 316 g/mol. The number of nitrogens with zero attached hydrogens (tertiary/aromatic N) is 2. The molecule has 1 N–H and O–H groups in total. The first kappa shape index (κ1) is 15.6. The highest BCUT2D eigenvalue weighted by atomic mass is 32.2. The smallest absolute Gasteiger partial charge is 0.322 e. The topological polar surface area (TPSA) is 87.6 Å². The Labute approximate surface area is 134 Å². The fourth-order valence-electron chi connectivity index (χ4n) is 2.92. The molecule has 1 aliphatic rings. The van der Waals surface area contributed by atoms with Gasteiger partial charge in [0.15, 0.2) is 0 Å². The van der Waals surface area contributed by atoms with E-state index < -0.39 is 28.1 Å². The maximum absolute atomic E-state index is 13.0. The Bertz CT molecular complexity index is 793. The fourth-order valence-corrected chi connectivity index (χ4v) is 4.74. The summed E-state index contributed by atoms with van der Waals surface area (Å²) in [7, 11) is -3.92. The van der Waals surface area contributed by atoms with Gasteiger partial charge in [0.1, 0.15) is 6.04 Å². The normalized spacial score (nSPS) is 22.1. The van der Waals surface area contributed by atoms with Gasteiger partial charge in [-0.25, -0.2) is 8.42 Å². The van der Waals surface area contributed by atoms with Crippen LogP contribution in [0.3, 0.4) is 0 Å². The number of hydrogen-bond donors (Lipinski definition) is 1. The molecule has 0 saturated carbocycles. The molecule has 1 aliphatic heterocycles. The van der Waals surface area contributed by atoms with Gasteiger partial charge in [-0.05, 0) is 37.1 Å². The van der Waals surface area contributed by atoms with Gasteiger partial charge < -0.3 is 5.11 Å². The first-order chi connectivity index (χ1) is 11.0. The lowest BCUT2D eigenvalue weighted by molar-refractivity contribution is -0.140. The number of carboxylic acids is 1. The largest absolute Gasteiger partial charge is 0.480 e. The lowest BCUT2D eigenvalue weighted by atomic mass is 10.1. The van der Waals surface area contributed by atoms with Gasteiger partial charge in [-0.1, -0.05) is 24.3 Å². The van der Waals surface area contributed by atoms with Crippen LogP contribution >= 0.6 is 0 Å². The van der Waals surface area contributed by atoms with Crippen molar-refractivity contribution in [1.82, 2.24) is 9.29 Å². The minimum atomic E-state index is -3.92. The zero-order valence-corrected chi connectivity index (χ0v) is 13.1. The lowest BCUT2D eigenvalue weighted by Crippen LogP contribution is -2.41. The van der Waals surface area contributed by atoms with Crippen LogP contribution in [0, 0.1) is 0 Å². The van der Waals surface area contributed by atoms with Gasteiger partial charge in [0.2, 0.25) is 10.0 Å². The Morgan fingerprint density at radius 1 is 1.09 bits per heavy atom. The Kier molecular flexibility index (Phi) is 4.14. The van der Waals surface area contributed by atoms with Crippen molar-refractivity contribution in [2.24, 2.45) is 0 Å². The second kappa shape index (κ2) is 6.10. The number of carbonyl (C=O) groups is 1. The summed E-state index contributed by atoms with van der Waals surface area (Å²) in [5.74, 6) is -1.14. The van der Waals surface area contributed by atoms with Crippen molar-refractivity contribution in [3.8, 4) is 0 Å². The highest BCUT2D eigenvalue weighted by molar-refractivity contribution is 7.89. The van der Waals surface area contributed by atoms with Crippen LogP contribution in [0.2, 0.25) is 0 Å². The molecule has 1 unspecified atom stereocenters. The molecule has 7 heteroatoms. The predicted molar refractivity (Wildman–Crippen MR) is 83.1 cm³/mol. The van der Waals surface area contributed by atoms with E-state index in [0.717, 1.165) is 4.31 Å². The summed E-state index contributed by atoms with van der Waals surface area (Å²) < 4.78 is 27.0. The SMILES string of the molecule is O=C(O)[C@@H]1CCC(c2ccccn2)N1S(=O)(=O)c1ccccc1. The van der Waals surface area contributed by atoms with Crippen molar-refractivity contribution in [3.05, 3.63) is 60.4 Å². The maximum Gasteiger partial charge on any atom is 0.322 e. The van der Waals surface area contributed by atoms with Crippen molar-refractivity contribution in [2.75, 3.05) is 0 Å². The molecule has 0 amide bonds. The molecule has 0 aliphatic carbocycles. The first-order valence-electron chi connectivity index (χ1n) is 7.24. The van der Waals surface area contributed by atoms with Crippen LogP contribution in [0.4, 0.5) is 0 Å². The van der Waals surface area contributed by atoms with Gasteiger partial charge in [0.05, 0.1) is 16.6 Å². The first-order valence-corrected chi connectivity index (χ1v) is 8.68. The minimum Gasteiger partial charge on any atom is -0.480 e. The molecule has 1 aromatic carbocycles. The number of sulfonamides is 1. The second-order valence-corrected chi connectivity index (χ2v) is 7.19. The number of pyridine rings is 1. The third kappa shape index (κ3) is 2.85. The van der Waals surface area contributed by atoms with Crippen LogP contribution in [0.15, 0.2) is 59.6 Å². The average molecular weight is 332 g/mol. The molecule has 0 radical (unpaired) electrons. The molecule has 0 bridgehead atoms. The van der Waals surface area contributed by atoms with E-state index in [1.807, 2.05) is 0 Å². The molecule has 1 saturated heterocycles. The molecule has 0 spiro atoms. The van der Waals surface area contributed by atoms with E-state index in [0.29, 0.717) is 12.1 Å². The number of rotatable bonds is 4. The molecular formula is C16H16N2O4S. The van der Waals surface area contributed by atoms with E-state index >= 15 is 0 Å². The second-order valence-electron chi connectivity index (χ2n) is 5.35. The zero-order valence-electron chi connectivity index (χ0n) is 12.2. The number of carboxylic acid groups (broad SMARTS) is 1. The molecule has 1 aromatic heterocycles. The van der Waals surface area contributed by atoms with E-state index in [-0.39, 0.29) is 11.3 Å². The van der Waals surface area contributed by atoms with Crippen molar-refractivity contribution < 1.29 is 18.3 Å². The molecule has 2 atom stereocenters. The van der Waals surface area contributed by atoms with Gasteiger partial charge in [-0.15, -0.1) is 0 Å². The number of aliphatic carboxylic acids is 1. The van der Waals surface area contributed by atoms with Crippen molar-refractivity contribution in [2.45, 2.75) is 29.8 Å². The number of benzene rings is 1. The van der Waals surface area contributed by atoms with Crippen LogP contribution < -0.4 is 0 Å². The predicted octanol–water partition coefficient (Wildman–Crippen LogP) is 2.06. The Morgan fingerprint density at radius 2 is 1.78 bits per heavy atom. The van der Waals surface area contributed by atoms with Crippen molar-refractivity contribution in [1.29, 1.82) is 0 Å². The summed E-state index contributed by atoms with van der Waals surface area (Å²) >= 11 is 0. The van der Waals surface area contributed by atoms with Gasteiger partial charge in [-0.2, -0.15) is 4.31 Å². The minimum absolute atomic E-state index is 0.0917. The van der Waals surface area contributed by atoms with Crippen LogP contribution in [-0.2, 0) is 14.8 Å². The van der Waals surface area contributed by atoms with E-state index in [4.69, 9.17) is 0 Å². The van der Waals surface area contributed by atoms with E-state index in [9.17, 15) is 18.3 Å². The molecule has 2 heterocycles. The van der Waals surface area contributed by atoms with E-state index in [1.54, 1.807) is 42.6 Å². The maximum atomic E-state index is 13.0. The standard InChI is InChI=1S/C16H16N2O4S/c19-16(20)15-10-9-14(13-8-4-5-11-17-13)18(15)23(21,22)12-6-2-1-3-7-12/h1-8,11,14-15H,9-10H2,(H,19,20)/t14?,15-/m0/s1. The third-order valence-electron chi connectivity index (χ3n) is 3.96. The highest BCUT2D eigenvalue weighted by Gasteiger charge is 2.46. The summed E-state index contributed by atoms with van der Waals surface area (Å²) in [5, 5.41) is 9.43. The van der Waals surface area contributed by atoms with Gasteiger partial charge in [-0.3, -0.25) is 9.78 Å². The quantitative estimate of drug-likeness (QED) is 0.926. The number of hydrogen-bond acceptors (Lipinski definition) is 4. The van der Waals surface area contributed by atoms with Gasteiger partial charge >= 0.3 is 5.97 Å². The third-order valence-corrected chi connectivity index (χ3v) is 5.89. The Balaban J connectivity index is 2.08. The van der Waals surface area contributed by atoms with Crippen LogP contribution in [-0.4, -0.2) is 34.8 Å². The van der Waals surface area contributed by atoms with Crippen molar-refractivity contribution in [3.63, 3.8) is 0 Å². The fraction of sp³-hybridized carbons (Fsp3) is 0.250. The summed E-state index contributed by atoms with van der Waals surface area (Å²) in [6, 6.07) is 11.5. The molecule has 6 nitrogen and oxygen atoms in total. The zero-order chi connectivity index (χ0) is 16.4. The van der Waals surface area contributed by atoms with E-state index in [2.05, 4.69) is 4.98 Å². The highest BCUT2D eigenvalue weighted by Crippen LogP contribution is 2.39. The van der Waals surface area contributed by atoms with Gasteiger partial charge in [0.25, 0.3) is 0 Å². The monoisotopic (exact) mass is 332 g/mol. The molecule has 120 valence electrons. The van der Waals surface area contributed by atoms with Crippen LogP contribution in [0.1, 0.15) is 24.6 Å². The average Bonchev–Trinajstić information content (AvgIpc) is 3.02. The lowest BCUT2D eigenvalue weighted by Gasteiger charge is -2.27. The van der Waals surface area contributed by atoms with E-state index in [1.165, 1.54) is 12.1 Å². The summed E-state index contributed by atoms with van der Waals surface area (Å²) in [5.41, 5.74) is 0.566. The number of aromatic nitrogens is 1. The van der Waals surface area contributed by atoms with Gasteiger partial charge in [0, 0.05) is 6.20 Å². The summed E-state index contributed by atoms with van der Waals surface area (Å²) in [6.07, 6.45) is 2.28. The van der Waals surface area contributed by atoms with Crippen LogP contribution in [0.25, 0.3) is 0 Å². The molecule has 23 heavy (non-hydrogen) atoms. The Morgan fingerprint density at radius 3 is 2.39 bits per heavy atom. The molecule has 1 fully saturated rings. The van der Waals surface area contributed by atoms with Crippen molar-refractivity contribution >= 4 is 16.0 Å². The summed E-state index contributed by atoms with van der Waals surface area (Å²) in [4.78, 5) is 15.8.